The van der Waals surface area contributed by atoms with Crippen molar-refractivity contribution in [2.45, 2.75) is 39.2 Å². The molecule has 0 aliphatic carbocycles. The molecule has 0 saturated carbocycles. The average molecular weight is 280 g/mol. The van der Waals surface area contributed by atoms with Crippen LogP contribution in [0.1, 0.15) is 55.4 Å². The SMILES string of the molecule is CCCNC(c1snnc1C(C)C)c1cnnn1C. The summed E-state index contributed by atoms with van der Waals surface area (Å²) in [5, 5.41) is 15.8. The van der Waals surface area contributed by atoms with Crippen LogP contribution in [0, 0.1) is 0 Å². The Morgan fingerprint density at radius 3 is 2.79 bits per heavy atom. The molecule has 1 N–H and O–H groups in total. The second-order valence-electron chi connectivity index (χ2n) is 4.85. The quantitative estimate of drug-likeness (QED) is 0.875. The third-order valence-electron chi connectivity index (χ3n) is 2.99. The Morgan fingerprint density at radius 2 is 2.21 bits per heavy atom. The van der Waals surface area contributed by atoms with Gasteiger partial charge in [-0.1, -0.05) is 30.5 Å². The predicted molar refractivity (Wildman–Crippen MR) is 75.1 cm³/mol. The Morgan fingerprint density at radius 1 is 1.42 bits per heavy atom. The van der Waals surface area contributed by atoms with Gasteiger partial charge in [0.05, 0.1) is 28.5 Å². The number of aromatic nitrogens is 5. The van der Waals surface area contributed by atoms with E-state index in [0.29, 0.717) is 5.92 Å². The number of nitrogens with one attached hydrogen (secondary N) is 1. The molecule has 6 nitrogen and oxygen atoms in total. The fourth-order valence-corrected chi connectivity index (χ4v) is 2.88. The van der Waals surface area contributed by atoms with Crippen molar-refractivity contribution < 1.29 is 0 Å². The lowest BCUT2D eigenvalue weighted by atomic mass is 10.0. The van der Waals surface area contributed by atoms with Gasteiger partial charge in [-0.2, -0.15) is 0 Å². The maximum Gasteiger partial charge on any atom is 0.0893 e. The molecule has 2 aromatic heterocycles. The second kappa shape index (κ2) is 6.21. The van der Waals surface area contributed by atoms with E-state index in [0.717, 1.165) is 29.2 Å². The molecule has 0 spiro atoms. The maximum atomic E-state index is 4.26. The fourth-order valence-electron chi connectivity index (χ4n) is 1.98. The van der Waals surface area contributed by atoms with Crippen molar-refractivity contribution in [2.75, 3.05) is 6.54 Å². The molecule has 1 unspecified atom stereocenters. The number of aryl methyl sites for hydroxylation is 1. The largest absolute Gasteiger partial charge is 0.304 e. The number of rotatable bonds is 6. The van der Waals surface area contributed by atoms with Crippen LogP contribution in [0.4, 0.5) is 0 Å². The van der Waals surface area contributed by atoms with Gasteiger partial charge in [-0.25, -0.2) is 0 Å². The highest BCUT2D eigenvalue weighted by atomic mass is 32.1. The van der Waals surface area contributed by atoms with Gasteiger partial charge in [0.1, 0.15) is 0 Å². The molecule has 19 heavy (non-hydrogen) atoms. The van der Waals surface area contributed by atoms with Crippen molar-refractivity contribution in [3.05, 3.63) is 22.5 Å². The zero-order valence-corrected chi connectivity index (χ0v) is 12.6. The van der Waals surface area contributed by atoms with E-state index in [1.807, 2.05) is 7.05 Å². The minimum absolute atomic E-state index is 0.0670. The summed E-state index contributed by atoms with van der Waals surface area (Å²) in [4.78, 5) is 1.16. The Labute approximate surface area is 117 Å². The van der Waals surface area contributed by atoms with E-state index in [9.17, 15) is 0 Å². The Hall–Kier alpha value is -1.34. The summed E-state index contributed by atoms with van der Waals surface area (Å²) in [5.41, 5.74) is 2.10. The van der Waals surface area contributed by atoms with E-state index >= 15 is 0 Å². The summed E-state index contributed by atoms with van der Waals surface area (Å²) >= 11 is 1.45. The van der Waals surface area contributed by atoms with Gasteiger partial charge in [0.15, 0.2) is 0 Å². The van der Waals surface area contributed by atoms with Gasteiger partial charge < -0.3 is 5.32 Å². The molecule has 0 fully saturated rings. The standard InChI is InChI=1S/C12H20N6S/c1-5-6-13-11(9-7-14-16-18(9)4)12-10(8(2)3)15-17-19-12/h7-8,11,13H,5-6H2,1-4H3. The summed E-state index contributed by atoms with van der Waals surface area (Å²) in [6.07, 6.45) is 2.88. The summed E-state index contributed by atoms with van der Waals surface area (Å²) in [6, 6.07) is 0.0670. The first-order valence-corrected chi connectivity index (χ1v) is 7.32. The predicted octanol–water partition coefficient (Wildman–Crippen LogP) is 1.88. The lowest BCUT2D eigenvalue weighted by molar-refractivity contribution is 0.550. The van der Waals surface area contributed by atoms with Gasteiger partial charge in [-0.3, -0.25) is 4.68 Å². The smallest absolute Gasteiger partial charge is 0.0893 e. The lowest BCUT2D eigenvalue weighted by Crippen LogP contribution is -2.25. The second-order valence-corrected chi connectivity index (χ2v) is 5.63. The minimum atomic E-state index is 0.0670. The van der Waals surface area contributed by atoms with E-state index in [2.05, 4.69) is 46.0 Å². The van der Waals surface area contributed by atoms with Crippen molar-refractivity contribution in [1.29, 1.82) is 0 Å². The molecule has 0 bridgehead atoms. The van der Waals surface area contributed by atoms with Crippen molar-refractivity contribution >= 4 is 11.5 Å². The first-order chi connectivity index (χ1) is 9.15. The van der Waals surface area contributed by atoms with Gasteiger partial charge in [0, 0.05) is 7.05 Å². The van der Waals surface area contributed by atoms with Crippen LogP contribution in [0.25, 0.3) is 0 Å². The van der Waals surface area contributed by atoms with E-state index in [4.69, 9.17) is 0 Å². The lowest BCUT2D eigenvalue weighted by Gasteiger charge is -2.18. The molecule has 0 aliphatic heterocycles. The molecule has 104 valence electrons. The van der Waals surface area contributed by atoms with Crippen LogP contribution < -0.4 is 5.32 Å². The van der Waals surface area contributed by atoms with E-state index in [-0.39, 0.29) is 6.04 Å². The molecule has 1 atom stereocenters. The van der Waals surface area contributed by atoms with Crippen LogP contribution in [0.5, 0.6) is 0 Å². The molecule has 0 aliphatic rings. The van der Waals surface area contributed by atoms with E-state index in [1.165, 1.54) is 11.5 Å². The van der Waals surface area contributed by atoms with Crippen molar-refractivity contribution in [3.63, 3.8) is 0 Å². The summed E-state index contributed by atoms with van der Waals surface area (Å²) in [5.74, 6) is 0.362. The van der Waals surface area contributed by atoms with Crippen LogP contribution >= 0.6 is 11.5 Å². The molecule has 0 saturated heterocycles. The minimum Gasteiger partial charge on any atom is -0.304 e. The van der Waals surface area contributed by atoms with Gasteiger partial charge in [-0.15, -0.1) is 10.2 Å². The number of hydrogen-bond donors (Lipinski definition) is 1. The molecule has 2 rings (SSSR count). The topological polar surface area (TPSA) is 68.5 Å². The highest BCUT2D eigenvalue weighted by Crippen LogP contribution is 2.30. The van der Waals surface area contributed by atoms with Crippen molar-refractivity contribution in [2.24, 2.45) is 7.05 Å². The van der Waals surface area contributed by atoms with Crippen molar-refractivity contribution in [1.82, 2.24) is 29.9 Å². The van der Waals surface area contributed by atoms with Crippen LogP contribution in [0.2, 0.25) is 0 Å². The third kappa shape index (κ3) is 2.98. The molecule has 0 aromatic carbocycles. The molecular formula is C12H20N6S. The molecule has 7 heteroatoms. The summed E-state index contributed by atoms with van der Waals surface area (Å²) in [7, 11) is 1.91. The fraction of sp³-hybridized carbons (Fsp3) is 0.667. The zero-order valence-electron chi connectivity index (χ0n) is 11.8. The Kier molecular flexibility index (Phi) is 4.60. The molecule has 2 heterocycles. The van der Waals surface area contributed by atoms with Gasteiger partial charge in [0.2, 0.25) is 0 Å². The Bertz CT molecular complexity index is 518. The molecule has 0 radical (unpaired) electrons. The van der Waals surface area contributed by atoms with Gasteiger partial charge in [-0.05, 0) is 30.4 Å². The zero-order chi connectivity index (χ0) is 13.8. The monoisotopic (exact) mass is 280 g/mol. The summed E-state index contributed by atoms with van der Waals surface area (Å²) < 4.78 is 5.92. The summed E-state index contributed by atoms with van der Waals surface area (Å²) in [6.45, 7) is 7.36. The average Bonchev–Trinajstić information content (AvgIpc) is 3.00. The van der Waals surface area contributed by atoms with Gasteiger partial charge in [0.25, 0.3) is 0 Å². The highest BCUT2D eigenvalue weighted by Gasteiger charge is 2.24. The first kappa shape index (κ1) is 14.1. The van der Waals surface area contributed by atoms with E-state index in [1.54, 1.807) is 10.9 Å². The molecular weight excluding hydrogens is 260 g/mol. The molecule has 2 aromatic rings. The highest BCUT2D eigenvalue weighted by molar-refractivity contribution is 7.05. The van der Waals surface area contributed by atoms with Crippen LogP contribution in [-0.4, -0.2) is 31.1 Å². The molecule has 0 amide bonds. The van der Waals surface area contributed by atoms with Gasteiger partial charge >= 0.3 is 0 Å². The Balaban J connectivity index is 2.37. The van der Waals surface area contributed by atoms with Crippen LogP contribution in [0.3, 0.4) is 0 Å². The number of nitrogens with zero attached hydrogens (tertiary/aromatic N) is 5. The van der Waals surface area contributed by atoms with Crippen LogP contribution in [0.15, 0.2) is 6.20 Å². The van der Waals surface area contributed by atoms with Crippen LogP contribution in [-0.2, 0) is 7.05 Å². The normalized spacial score (nSPS) is 13.1. The van der Waals surface area contributed by atoms with Crippen molar-refractivity contribution in [3.8, 4) is 0 Å². The third-order valence-corrected chi connectivity index (χ3v) is 3.80. The maximum absolute atomic E-state index is 4.26. The number of hydrogen-bond acceptors (Lipinski definition) is 6. The van der Waals surface area contributed by atoms with E-state index < -0.39 is 0 Å². The first-order valence-electron chi connectivity index (χ1n) is 6.55.